The van der Waals surface area contributed by atoms with Crippen molar-refractivity contribution in [2.75, 3.05) is 5.73 Å². The molecule has 3 heteroatoms. The van der Waals surface area contributed by atoms with E-state index < -0.39 is 0 Å². The first-order valence-corrected chi connectivity index (χ1v) is 3.25. The van der Waals surface area contributed by atoms with Crippen molar-refractivity contribution < 1.29 is 0 Å². The van der Waals surface area contributed by atoms with Crippen LogP contribution in [0.2, 0.25) is 0 Å². The maximum atomic E-state index is 5.46. The van der Waals surface area contributed by atoms with Crippen LogP contribution in [-0.4, -0.2) is 4.98 Å². The van der Waals surface area contributed by atoms with E-state index >= 15 is 0 Å². The van der Waals surface area contributed by atoms with Crippen molar-refractivity contribution >= 4 is 20.4 Å². The molecule has 0 saturated heterocycles. The van der Waals surface area contributed by atoms with Gasteiger partial charge in [0.05, 0.1) is 0 Å². The van der Waals surface area contributed by atoms with Crippen LogP contribution in [0.25, 0.3) is 0 Å². The molecule has 0 aliphatic rings. The zero-order valence-corrected chi connectivity index (χ0v) is 6.41. The van der Waals surface area contributed by atoms with Crippen LogP contribution in [0, 0.1) is 6.92 Å². The Hall–Kier alpha value is -0.620. The Labute approximate surface area is 56.7 Å². The molecule has 0 fully saturated rings. The van der Waals surface area contributed by atoms with Gasteiger partial charge in [-0.15, -0.1) is 9.24 Å². The summed E-state index contributed by atoms with van der Waals surface area (Å²) in [4.78, 5) is 3.94. The molecule has 0 saturated carbocycles. The smallest absolute Gasteiger partial charge is 0.130 e. The quantitative estimate of drug-likeness (QED) is 0.532. The molecule has 1 aromatic rings. The summed E-state index contributed by atoms with van der Waals surface area (Å²) in [5.41, 5.74) is 6.59. The fraction of sp³-hybridized carbons (Fsp3) is 0.167. The van der Waals surface area contributed by atoms with E-state index in [0.29, 0.717) is 5.82 Å². The first-order chi connectivity index (χ1) is 4.20. The standard InChI is InChI=1S/C6H9N2P/c1-4-2-5(9)6(7)8-3-4/h2-3H,9H2,1H3,(H2,7,8). The van der Waals surface area contributed by atoms with Gasteiger partial charge in [0.2, 0.25) is 0 Å². The lowest BCUT2D eigenvalue weighted by Gasteiger charge is -1.97. The van der Waals surface area contributed by atoms with Crippen molar-refractivity contribution in [3.8, 4) is 0 Å². The summed E-state index contributed by atoms with van der Waals surface area (Å²) in [5.74, 6) is 0.589. The number of aromatic nitrogens is 1. The molecule has 2 N–H and O–H groups in total. The molecule has 0 aliphatic carbocycles. The molecular weight excluding hydrogens is 131 g/mol. The second kappa shape index (κ2) is 2.32. The van der Waals surface area contributed by atoms with Gasteiger partial charge in [-0.2, -0.15) is 0 Å². The van der Waals surface area contributed by atoms with Crippen molar-refractivity contribution in [1.29, 1.82) is 0 Å². The Kier molecular flexibility index (Phi) is 1.68. The SMILES string of the molecule is Cc1cnc(N)c(P)c1. The van der Waals surface area contributed by atoms with Gasteiger partial charge < -0.3 is 5.73 Å². The first-order valence-electron chi connectivity index (χ1n) is 2.68. The highest BCUT2D eigenvalue weighted by molar-refractivity contribution is 7.28. The summed E-state index contributed by atoms with van der Waals surface area (Å²) in [5, 5.41) is 0.968. The molecule has 1 aromatic heterocycles. The molecule has 48 valence electrons. The Morgan fingerprint density at radius 3 is 2.78 bits per heavy atom. The molecule has 0 amide bonds. The van der Waals surface area contributed by atoms with Crippen LogP contribution >= 0.6 is 9.24 Å². The van der Waals surface area contributed by atoms with Gasteiger partial charge >= 0.3 is 0 Å². The number of nitrogens with zero attached hydrogens (tertiary/aromatic N) is 1. The highest BCUT2D eigenvalue weighted by Crippen LogP contribution is 2.00. The summed E-state index contributed by atoms with van der Waals surface area (Å²) < 4.78 is 0. The monoisotopic (exact) mass is 140 g/mol. The van der Waals surface area contributed by atoms with Crippen LogP contribution in [-0.2, 0) is 0 Å². The zero-order valence-electron chi connectivity index (χ0n) is 5.26. The summed E-state index contributed by atoms with van der Waals surface area (Å²) in [6, 6.07) is 1.98. The van der Waals surface area contributed by atoms with Gasteiger partial charge in [0.15, 0.2) is 0 Å². The minimum absolute atomic E-state index is 0.589. The van der Waals surface area contributed by atoms with E-state index in [2.05, 4.69) is 14.2 Å². The minimum atomic E-state index is 0.589. The molecule has 0 spiro atoms. The predicted molar refractivity (Wildman–Crippen MR) is 42.7 cm³/mol. The van der Waals surface area contributed by atoms with Crippen LogP contribution in [0.1, 0.15) is 5.56 Å². The number of anilines is 1. The highest BCUT2D eigenvalue weighted by atomic mass is 31.0. The summed E-state index contributed by atoms with van der Waals surface area (Å²) in [7, 11) is 2.53. The third-order valence-electron chi connectivity index (χ3n) is 1.09. The van der Waals surface area contributed by atoms with Crippen LogP contribution in [0.3, 0.4) is 0 Å². The second-order valence-electron chi connectivity index (χ2n) is 1.99. The van der Waals surface area contributed by atoms with E-state index in [1.165, 1.54) is 0 Å². The average molecular weight is 140 g/mol. The van der Waals surface area contributed by atoms with Crippen LogP contribution in [0.5, 0.6) is 0 Å². The molecule has 0 bridgehead atoms. The molecule has 1 unspecified atom stereocenters. The van der Waals surface area contributed by atoms with Crippen molar-refractivity contribution in [1.82, 2.24) is 4.98 Å². The van der Waals surface area contributed by atoms with Crippen molar-refractivity contribution in [2.45, 2.75) is 6.92 Å². The largest absolute Gasteiger partial charge is 0.383 e. The highest BCUT2D eigenvalue weighted by Gasteiger charge is 1.91. The van der Waals surface area contributed by atoms with E-state index in [0.717, 1.165) is 10.9 Å². The molecule has 0 aromatic carbocycles. The fourth-order valence-corrected chi connectivity index (χ4v) is 0.940. The zero-order chi connectivity index (χ0) is 6.85. The summed E-state index contributed by atoms with van der Waals surface area (Å²) in [6.07, 6.45) is 1.75. The minimum Gasteiger partial charge on any atom is -0.383 e. The van der Waals surface area contributed by atoms with Crippen molar-refractivity contribution in [2.24, 2.45) is 0 Å². The van der Waals surface area contributed by atoms with E-state index in [9.17, 15) is 0 Å². The molecule has 1 heterocycles. The Bertz CT molecular complexity index is 222. The number of hydrogen-bond acceptors (Lipinski definition) is 2. The maximum Gasteiger partial charge on any atom is 0.130 e. The Balaban J connectivity index is 3.17. The Morgan fingerprint density at radius 1 is 1.67 bits per heavy atom. The van der Waals surface area contributed by atoms with E-state index in [1.54, 1.807) is 6.20 Å². The van der Waals surface area contributed by atoms with Crippen LogP contribution in [0.15, 0.2) is 12.3 Å². The third-order valence-corrected chi connectivity index (χ3v) is 1.55. The van der Waals surface area contributed by atoms with Gasteiger partial charge in [-0.3, -0.25) is 0 Å². The summed E-state index contributed by atoms with van der Waals surface area (Å²) in [6.45, 7) is 1.99. The molecule has 1 rings (SSSR count). The maximum absolute atomic E-state index is 5.46. The number of nitrogen functional groups attached to an aromatic ring is 1. The van der Waals surface area contributed by atoms with Gasteiger partial charge in [0.25, 0.3) is 0 Å². The number of hydrogen-bond donors (Lipinski definition) is 1. The number of aryl methyl sites for hydroxylation is 1. The van der Waals surface area contributed by atoms with Crippen LogP contribution in [0.4, 0.5) is 5.82 Å². The summed E-state index contributed by atoms with van der Waals surface area (Å²) >= 11 is 0. The number of rotatable bonds is 0. The van der Waals surface area contributed by atoms with Gasteiger partial charge in [-0.05, 0) is 18.6 Å². The lowest BCUT2D eigenvalue weighted by Crippen LogP contribution is -2.03. The van der Waals surface area contributed by atoms with Gasteiger partial charge in [0.1, 0.15) is 5.82 Å². The van der Waals surface area contributed by atoms with Gasteiger partial charge in [-0.25, -0.2) is 4.98 Å². The number of pyridine rings is 1. The van der Waals surface area contributed by atoms with Crippen molar-refractivity contribution in [3.63, 3.8) is 0 Å². The van der Waals surface area contributed by atoms with E-state index in [-0.39, 0.29) is 0 Å². The van der Waals surface area contributed by atoms with Crippen molar-refractivity contribution in [3.05, 3.63) is 17.8 Å². The molecule has 0 aliphatic heterocycles. The normalized spacial score (nSPS) is 9.56. The number of nitrogens with two attached hydrogens (primary N) is 1. The average Bonchev–Trinajstić information content (AvgIpc) is 1.80. The van der Waals surface area contributed by atoms with Gasteiger partial charge in [0, 0.05) is 11.5 Å². The fourth-order valence-electron chi connectivity index (χ4n) is 0.602. The predicted octanol–water partition coefficient (Wildman–Crippen LogP) is 0.473. The van der Waals surface area contributed by atoms with E-state index in [4.69, 9.17) is 5.73 Å². The second-order valence-corrected chi connectivity index (χ2v) is 2.61. The molecular formula is C6H9N2P. The Morgan fingerprint density at radius 2 is 2.33 bits per heavy atom. The lowest BCUT2D eigenvalue weighted by molar-refractivity contribution is 1.30. The third kappa shape index (κ3) is 1.39. The molecule has 9 heavy (non-hydrogen) atoms. The first kappa shape index (κ1) is 6.50. The molecule has 1 atom stereocenters. The van der Waals surface area contributed by atoms with E-state index in [1.807, 2.05) is 13.0 Å². The van der Waals surface area contributed by atoms with Gasteiger partial charge in [-0.1, -0.05) is 0 Å². The molecule has 0 radical (unpaired) electrons. The lowest BCUT2D eigenvalue weighted by atomic mass is 10.3. The van der Waals surface area contributed by atoms with Crippen LogP contribution < -0.4 is 11.0 Å². The molecule has 2 nitrogen and oxygen atoms in total. The topological polar surface area (TPSA) is 38.9 Å².